The maximum Gasteiger partial charge on any atom is 0.0952 e. The SMILES string of the molecule is Cc1cccc(CN2CCOC(c3ccccc3)C2)c1. The maximum absolute atomic E-state index is 5.91. The van der Waals surface area contributed by atoms with Gasteiger partial charge in [0.2, 0.25) is 0 Å². The van der Waals surface area contributed by atoms with E-state index < -0.39 is 0 Å². The summed E-state index contributed by atoms with van der Waals surface area (Å²) in [6.07, 6.45) is 0.203. The molecule has 1 atom stereocenters. The lowest BCUT2D eigenvalue weighted by atomic mass is 10.1. The average Bonchev–Trinajstić information content (AvgIpc) is 2.48. The molecular formula is C18H21NO. The van der Waals surface area contributed by atoms with Crippen molar-refractivity contribution in [2.24, 2.45) is 0 Å². The van der Waals surface area contributed by atoms with Gasteiger partial charge in [0.25, 0.3) is 0 Å². The molecule has 0 saturated carbocycles. The van der Waals surface area contributed by atoms with Crippen LogP contribution in [0.2, 0.25) is 0 Å². The van der Waals surface area contributed by atoms with E-state index in [1.54, 1.807) is 0 Å². The molecule has 2 aromatic carbocycles. The number of rotatable bonds is 3. The van der Waals surface area contributed by atoms with Crippen molar-refractivity contribution in [3.05, 3.63) is 71.3 Å². The zero-order valence-corrected chi connectivity index (χ0v) is 12.0. The van der Waals surface area contributed by atoms with Crippen LogP contribution in [-0.2, 0) is 11.3 Å². The highest BCUT2D eigenvalue weighted by Gasteiger charge is 2.21. The number of ether oxygens (including phenoxy) is 1. The molecule has 1 saturated heterocycles. The summed E-state index contributed by atoms with van der Waals surface area (Å²) in [4.78, 5) is 2.48. The van der Waals surface area contributed by atoms with Gasteiger partial charge in [-0.1, -0.05) is 60.2 Å². The highest BCUT2D eigenvalue weighted by atomic mass is 16.5. The largest absolute Gasteiger partial charge is 0.371 e. The van der Waals surface area contributed by atoms with Gasteiger partial charge in [-0.3, -0.25) is 4.90 Å². The van der Waals surface area contributed by atoms with Gasteiger partial charge in [0.05, 0.1) is 12.7 Å². The molecule has 0 radical (unpaired) electrons. The topological polar surface area (TPSA) is 12.5 Å². The molecule has 0 amide bonds. The van der Waals surface area contributed by atoms with E-state index in [9.17, 15) is 0 Å². The predicted octanol–water partition coefficient (Wildman–Crippen LogP) is 3.57. The van der Waals surface area contributed by atoms with Gasteiger partial charge in [0, 0.05) is 19.6 Å². The number of hydrogen-bond donors (Lipinski definition) is 0. The standard InChI is InChI=1S/C18H21NO/c1-15-6-5-7-16(12-15)13-19-10-11-20-18(14-19)17-8-3-2-4-9-17/h2-9,12,18H,10-11,13-14H2,1H3. The second kappa shape index (κ2) is 6.21. The van der Waals surface area contributed by atoms with Crippen LogP contribution in [-0.4, -0.2) is 24.6 Å². The minimum atomic E-state index is 0.203. The van der Waals surface area contributed by atoms with Gasteiger partial charge in [-0.15, -0.1) is 0 Å². The molecule has 1 aliphatic rings. The van der Waals surface area contributed by atoms with Crippen LogP contribution < -0.4 is 0 Å². The van der Waals surface area contributed by atoms with Crippen LogP contribution in [0.25, 0.3) is 0 Å². The fourth-order valence-corrected chi connectivity index (χ4v) is 2.78. The summed E-state index contributed by atoms with van der Waals surface area (Å²) in [5, 5.41) is 0. The summed E-state index contributed by atoms with van der Waals surface area (Å²) in [5.74, 6) is 0. The van der Waals surface area contributed by atoms with E-state index in [-0.39, 0.29) is 6.10 Å². The van der Waals surface area contributed by atoms with Gasteiger partial charge in [-0.25, -0.2) is 0 Å². The lowest BCUT2D eigenvalue weighted by Crippen LogP contribution is -2.37. The summed E-state index contributed by atoms with van der Waals surface area (Å²) in [7, 11) is 0. The lowest BCUT2D eigenvalue weighted by Gasteiger charge is -2.33. The Balaban J connectivity index is 1.66. The van der Waals surface area contributed by atoms with Crippen molar-refractivity contribution in [2.45, 2.75) is 19.6 Å². The summed E-state index contributed by atoms with van der Waals surface area (Å²) < 4.78 is 5.91. The van der Waals surface area contributed by atoms with Crippen molar-refractivity contribution in [3.63, 3.8) is 0 Å². The van der Waals surface area contributed by atoms with Crippen molar-refractivity contribution in [3.8, 4) is 0 Å². The molecule has 1 unspecified atom stereocenters. The zero-order valence-electron chi connectivity index (χ0n) is 12.0. The Kier molecular flexibility index (Phi) is 4.14. The smallest absolute Gasteiger partial charge is 0.0952 e. The van der Waals surface area contributed by atoms with Crippen LogP contribution in [0, 0.1) is 6.92 Å². The second-order valence-corrected chi connectivity index (χ2v) is 5.49. The predicted molar refractivity (Wildman–Crippen MR) is 81.6 cm³/mol. The molecule has 0 spiro atoms. The molecule has 1 aliphatic heterocycles. The normalized spacial score (nSPS) is 19.9. The van der Waals surface area contributed by atoms with Crippen LogP contribution in [0.3, 0.4) is 0 Å². The maximum atomic E-state index is 5.91. The molecule has 2 aromatic rings. The van der Waals surface area contributed by atoms with E-state index in [0.717, 1.165) is 26.2 Å². The minimum absolute atomic E-state index is 0.203. The van der Waals surface area contributed by atoms with E-state index >= 15 is 0 Å². The van der Waals surface area contributed by atoms with E-state index in [1.165, 1.54) is 16.7 Å². The number of benzene rings is 2. The van der Waals surface area contributed by atoms with Gasteiger partial charge in [0.15, 0.2) is 0 Å². The number of aryl methyl sites for hydroxylation is 1. The average molecular weight is 267 g/mol. The van der Waals surface area contributed by atoms with Crippen LogP contribution in [0.4, 0.5) is 0 Å². The Hall–Kier alpha value is -1.64. The van der Waals surface area contributed by atoms with E-state index in [1.807, 2.05) is 0 Å². The summed E-state index contributed by atoms with van der Waals surface area (Å²) in [6.45, 7) is 5.95. The molecular weight excluding hydrogens is 246 g/mol. The van der Waals surface area contributed by atoms with Crippen molar-refractivity contribution >= 4 is 0 Å². The summed E-state index contributed by atoms with van der Waals surface area (Å²) >= 11 is 0. The Labute approximate surface area is 121 Å². The van der Waals surface area contributed by atoms with Crippen LogP contribution in [0.5, 0.6) is 0 Å². The van der Waals surface area contributed by atoms with Crippen molar-refractivity contribution in [1.29, 1.82) is 0 Å². The van der Waals surface area contributed by atoms with E-state index in [2.05, 4.69) is 66.4 Å². The Morgan fingerprint density at radius 2 is 1.95 bits per heavy atom. The van der Waals surface area contributed by atoms with Crippen molar-refractivity contribution < 1.29 is 4.74 Å². The van der Waals surface area contributed by atoms with Gasteiger partial charge < -0.3 is 4.74 Å². The first-order valence-electron chi connectivity index (χ1n) is 7.26. The first kappa shape index (κ1) is 13.3. The fraction of sp³-hybridized carbons (Fsp3) is 0.333. The quantitative estimate of drug-likeness (QED) is 0.843. The molecule has 2 nitrogen and oxygen atoms in total. The van der Waals surface area contributed by atoms with Crippen LogP contribution >= 0.6 is 0 Å². The van der Waals surface area contributed by atoms with Crippen molar-refractivity contribution in [1.82, 2.24) is 4.90 Å². The molecule has 2 heteroatoms. The third-order valence-electron chi connectivity index (χ3n) is 3.81. The molecule has 20 heavy (non-hydrogen) atoms. The Morgan fingerprint density at radius 1 is 1.10 bits per heavy atom. The molecule has 1 heterocycles. The second-order valence-electron chi connectivity index (χ2n) is 5.49. The molecule has 1 fully saturated rings. The lowest BCUT2D eigenvalue weighted by molar-refractivity contribution is -0.0329. The van der Waals surface area contributed by atoms with Gasteiger partial charge in [-0.2, -0.15) is 0 Å². The summed E-state index contributed by atoms with van der Waals surface area (Å²) in [5.41, 5.74) is 4.00. The molecule has 0 bridgehead atoms. The fourth-order valence-electron chi connectivity index (χ4n) is 2.78. The molecule has 0 aromatic heterocycles. The third-order valence-corrected chi connectivity index (χ3v) is 3.81. The van der Waals surface area contributed by atoms with Crippen LogP contribution in [0.1, 0.15) is 22.8 Å². The van der Waals surface area contributed by atoms with Crippen molar-refractivity contribution in [2.75, 3.05) is 19.7 Å². The van der Waals surface area contributed by atoms with Gasteiger partial charge >= 0.3 is 0 Å². The molecule has 3 rings (SSSR count). The van der Waals surface area contributed by atoms with E-state index in [4.69, 9.17) is 4.74 Å². The first-order valence-corrected chi connectivity index (χ1v) is 7.26. The summed E-state index contributed by atoms with van der Waals surface area (Å²) in [6, 6.07) is 19.3. The molecule has 0 aliphatic carbocycles. The number of hydrogen-bond acceptors (Lipinski definition) is 2. The Bertz CT molecular complexity index is 552. The monoisotopic (exact) mass is 267 g/mol. The third kappa shape index (κ3) is 3.27. The highest BCUT2D eigenvalue weighted by Crippen LogP contribution is 2.23. The van der Waals surface area contributed by atoms with E-state index in [0.29, 0.717) is 0 Å². The van der Waals surface area contributed by atoms with Gasteiger partial charge in [-0.05, 0) is 18.1 Å². The molecule has 0 N–H and O–H groups in total. The highest BCUT2D eigenvalue weighted by molar-refractivity contribution is 5.22. The van der Waals surface area contributed by atoms with Crippen LogP contribution in [0.15, 0.2) is 54.6 Å². The molecule has 104 valence electrons. The zero-order chi connectivity index (χ0) is 13.8. The van der Waals surface area contributed by atoms with Gasteiger partial charge in [0.1, 0.15) is 0 Å². The first-order chi connectivity index (χ1) is 9.81. The number of morpholine rings is 1. The Morgan fingerprint density at radius 3 is 2.75 bits per heavy atom. The minimum Gasteiger partial charge on any atom is -0.371 e. The number of nitrogens with zero attached hydrogens (tertiary/aromatic N) is 1.